The van der Waals surface area contributed by atoms with E-state index in [1.807, 2.05) is 0 Å². The van der Waals surface area contributed by atoms with Gasteiger partial charge in [-0.05, 0) is 18.6 Å². The zero-order valence-electron chi connectivity index (χ0n) is 9.98. The number of hydrogen-bond acceptors (Lipinski definition) is 4. The maximum atomic E-state index is 11.9. The minimum Gasteiger partial charge on any atom is -0.266 e. The van der Waals surface area contributed by atoms with E-state index in [9.17, 15) is 16.8 Å². The van der Waals surface area contributed by atoms with E-state index in [0.717, 1.165) is 6.26 Å². The van der Waals surface area contributed by atoms with Gasteiger partial charge in [0.25, 0.3) is 0 Å². The van der Waals surface area contributed by atoms with Crippen LogP contribution in [0.1, 0.15) is 6.42 Å². The molecule has 5 nitrogen and oxygen atoms in total. The van der Waals surface area contributed by atoms with Gasteiger partial charge in [-0.1, -0.05) is 18.2 Å². The fourth-order valence-corrected chi connectivity index (χ4v) is 5.23. The van der Waals surface area contributed by atoms with Crippen LogP contribution in [0.2, 0.25) is 0 Å². The lowest BCUT2D eigenvalue weighted by Crippen LogP contribution is -2.40. The molecule has 0 aromatic heterocycles. The second-order valence-electron chi connectivity index (χ2n) is 4.45. The first-order valence-electron chi connectivity index (χ1n) is 5.54. The molecular weight excluding hydrogens is 274 g/mol. The number of hydrogen-bond donors (Lipinski definition) is 0. The summed E-state index contributed by atoms with van der Waals surface area (Å²) in [5, 5.41) is 0. The molecule has 2 rings (SSSR count). The van der Waals surface area contributed by atoms with Crippen LogP contribution in [0.25, 0.3) is 0 Å². The third kappa shape index (κ3) is 2.84. The van der Waals surface area contributed by atoms with Crippen LogP contribution < -0.4 is 4.31 Å². The van der Waals surface area contributed by atoms with E-state index in [1.165, 1.54) is 4.31 Å². The van der Waals surface area contributed by atoms with Crippen LogP contribution in [0.15, 0.2) is 30.3 Å². The van der Waals surface area contributed by atoms with Gasteiger partial charge in [0.15, 0.2) is 9.84 Å². The second kappa shape index (κ2) is 4.55. The normalized spacial score (nSPS) is 22.8. The van der Waals surface area contributed by atoms with Crippen LogP contribution in [-0.2, 0) is 19.9 Å². The zero-order valence-corrected chi connectivity index (χ0v) is 11.6. The Hall–Kier alpha value is -1.08. The minimum atomic E-state index is -3.48. The molecule has 1 aromatic rings. The van der Waals surface area contributed by atoms with Crippen molar-refractivity contribution in [3.8, 4) is 0 Å². The van der Waals surface area contributed by atoms with Crippen LogP contribution in [0.5, 0.6) is 0 Å². The van der Waals surface area contributed by atoms with Gasteiger partial charge in [-0.15, -0.1) is 0 Å². The van der Waals surface area contributed by atoms with Gasteiger partial charge in [-0.2, -0.15) is 0 Å². The predicted octanol–water partition coefficient (Wildman–Crippen LogP) is 0.640. The fourth-order valence-electron chi connectivity index (χ4n) is 2.21. The average Bonchev–Trinajstić information content (AvgIpc) is 2.58. The third-order valence-electron chi connectivity index (χ3n) is 2.91. The van der Waals surface area contributed by atoms with Gasteiger partial charge in [0.05, 0.1) is 29.5 Å². The molecule has 1 aliphatic rings. The van der Waals surface area contributed by atoms with Crippen LogP contribution in [0.4, 0.5) is 5.69 Å². The van der Waals surface area contributed by atoms with Crippen molar-refractivity contribution in [2.24, 2.45) is 0 Å². The summed E-state index contributed by atoms with van der Waals surface area (Å²) in [7, 11) is -6.60. The standard InChI is InChI=1S/C11H15NO4S2/c1-17(13,14)12(10-5-3-2-4-6-10)11-7-8-18(15,16)9-11/h2-6,11H,7-9H2,1H3. The quantitative estimate of drug-likeness (QED) is 0.818. The molecule has 1 aliphatic heterocycles. The van der Waals surface area contributed by atoms with Gasteiger partial charge in [0.1, 0.15) is 0 Å². The molecule has 0 N–H and O–H groups in total. The molecule has 1 atom stereocenters. The third-order valence-corrected chi connectivity index (χ3v) is 5.88. The summed E-state index contributed by atoms with van der Waals surface area (Å²) in [6.45, 7) is 0. The molecule has 0 radical (unpaired) electrons. The molecule has 0 aliphatic carbocycles. The molecule has 0 bridgehead atoms. The number of benzene rings is 1. The van der Waals surface area contributed by atoms with Gasteiger partial charge in [0, 0.05) is 0 Å². The van der Waals surface area contributed by atoms with Gasteiger partial charge < -0.3 is 0 Å². The van der Waals surface area contributed by atoms with E-state index in [0.29, 0.717) is 12.1 Å². The van der Waals surface area contributed by atoms with Crippen molar-refractivity contribution in [2.75, 3.05) is 22.1 Å². The number of rotatable bonds is 3. The Morgan fingerprint density at radius 3 is 2.28 bits per heavy atom. The fraction of sp³-hybridized carbons (Fsp3) is 0.455. The van der Waals surface area contributed by atoms with Gasteiger partial charge in [-0.25, -0.2) is 16.8 Å². The van der Waals surface area contributed by atoms with Gasteiger partial charge in [0.2, 0.25) is 10.0 Å². The molecule has 100 valence electrons. The largest absolute Gasteiger partial charge is 0.266 e. The smallest absolute Gasteiger partial charge is 0.232 e. The summed E-state index contributed by atoms with van der Waals surface area (Å²) in [6, 6.07) is 8.11. The summed E-state index contributed by atoms with van der Waals surface area (Å²) in [5.41, 5.74) is 0.516. The summed E-state index contributed by atoms with van der Waals surface area (Å²) in [4.78, 5) is 0. The maximum Gasteiger partial charge on any atom is 0.232 e. The molecule has 1 aromatic carbocycles. The lowest BCUT2D eigenvalue weighted by Gasteiger charge is -2.27. The Balaban J connectivity index is 2.40. The number of sulfone groups is 1. The van der Waals surface area contributed by atoms with E-state index < -0.39 is 25.9 Å². The maximum absolute atomic E-state index is 11.9. The van der Waals surface area contributed by atoms with Crippen molar-refractivity contribution in [2.45, 2.75) is 12.5 Å². The van der Waals surface area contributed by atoms with Gasteiger partial charge >= 0.3 is 0 Å². The monoisotopic (exact) mass is 289 g/mol. The van der Waals surface area contributed by atoms with Crippen LogP contribution >= 0.6 is 0 Å². The van der Waals surface area contributed by atoms with Crippen molar-refractivity contribution in [3.63, 3.8) is 0 Å². The van der Waals surface area contributed by atoms with E-state index in [-0.39, 0.29) is 11.5 Å². The molecule has 1 saturated heterocycles. The van der Waals surface area contributed by atoms with Gasteiger partial charge in [-0.3, -0.25) is 4.31 Å². The number of para-hydroxylation sites is 1. The van der Waals surface area contributed by atoms with E-state index in [1.54, 1.807) is 30.3 Å². The van der Waals surface area contributed by atoms with E-state index in [4.69, 9.17) is 0 Å². The topological polar surface area (TPSA) is 71.5 Å². The second-order valence-corrected chi connectivity index (χ2v) is 8.54. The number of nitrogens with zero attached hydrogens (tertiary/aromatic N) is 1. The Kier molecular flexibility index (Phi) is 3.37. The molecule has 1 unspecified atom stereocenters. The highest BCUT2D eigenvalue weighted by Crippen LogP contribution is 2.26. The van der Waals surface area contributed by atoms with Crippen LogP contribution in [0, 0.1) is 0 Å². The zero-order chi connectivity index (χ0) is 13.4. The molecule has 0 amide bonds. The molecule has 0 spiro atoms. The predicted molar refractivity (Wildman–Crippen MR) is 70.8 cm³/mol. The Bertz CT molecular complexity index is 622. The SMILES string of the molecule is CS(=O)(=O)N(c1ccccc1)C1CCS(=O)(=O)C1. The Morgan fingerprint density at radius 2 is 1.83 bits per heavy atom. The number of sulfonamides is 1. The molecule has 18 heavy (non-hydrogen) atoms. The minimum absolute atomic E-state index is 0.0521. The molecule has 1 fully saturated rings. The lowest BCUT2D eigenvalue weighted by molar-refractivity contribution is 0.586. The highest BCUT2D eigenvalue weighted by molar-refractivity contribution is 7.93. The first-order valence-corrected chi connectivity index (χ1v) is 9.21. The van der Waals surface area contributed by atoms with E-state index in [2.05, 4.69) is 0 Å². The molecule has 1 heterocycles. The Labute approximate surface area is 107 Å². The summed E-state index contributed by atoms with van der Waals surface area (Å²) >= 11 is 0. The molecule has 7 heteroatoms. The van der Waals surface area contributed by atoms with Crippen molar-refractivity contribution in [1.82, 2.24) is 0 Å². The molecular formula is C11H15NO4S2. The lowest BCUT2D eigenvalue weighted by atomic mass is 10.2. The Morgan fingerprint density at radius 1 is 1.22 bits per heavy atom. The average molecular weight is 289 g/mol. The highest BCUT2D eigenvalue weighted by Gasteiger charge is 2.36. The van der Waals surface area contributed by atoms with Crippen LogP contribution in [0.3, 0.4) is 0 Å². The summed E-state index contributed by atoms with van der Waals surface area (Å²) in [5.74, 6) is -0.0501. The highest BCUT2D eigenvalue weighted by atomic mass is 32.2. The summed E-state index contributed by atoms with van der Waals surface area (Å²) in [6.07, 6.45) is 1.45. The van der Waals surface area contributed by atoms with Crippen molar-refractivity contribution in [1.29, 1.82) is 0 Å². The van der Waals surface area contributed by atoms with Crippen molar-refractivity contribution in [3.05, 3.63) is 30.3 Å². The van der Waals surface area contributed by atoms with Crippen molar-refractivity contribution < 1.29 is 16.8 Å². The number of anilines is 1. The first kappa shape index (κ1) is 13.4. The van der Waals surface area contributed by atoms with E-state index >= 15 is 0 Å². The summed E-state index contributed by atoms with van der Waals surface area (Å²) < 4.78 is 47.9. The van der Waals surface area contributed by atoms with Crippen molar-refractivity contribution >= 4 is 25.5 Å². The first-order chi connectivity index (χ1) is 8.30. The molecule has 0 saturated carbocycles. The van der Waals surface area contributed by atoms with Crippen LogP contribution in [-0.4, -0.2) is 40.6 Å².